The Hall–Kier alpha value is -0.540. The fraction of sp³-hybridized carbons (Fsp3) is 0.600. The molecule has 0 bridgehead atoms. The third-order valence-electron chi connectivity index (χ3n) is 3.19. The maximum Gasteiger partial charge on any atom is 0.122 e. The van der Waals surface area contributed by atoms with Gasteiger partial charge in [-0.15, -0.1) is 0 Å². The van der Waals surface area contributed by atoms with Crippen LogP contribution in [0.25, 0.3) is 0 Å². The van der Waals surface area contributed by atoms with Gasteiger partial charge >= 0.3 is 0 Å². The molecule has 0 atom stereocenters. The summed E-state index contributed by atoms with van der Waals surface area (Å²) in [7, 11) is 1.67. The Morgan fingerprint density at radius 2 is 1.83 bits per heavy atom. The van der Waals surface area contributed by atoms with Crippen LogP contribution in [-0.2, 0) is 6.42 Å². The molecule has 0 saturated carbocycles. The molecule has 3 heteroatoms. The van der Waals surface area contributed by atoms with Gasteiger partial charge < -0.3 is 9.84 Å². The topological polar surface area (TPSA) is 29.5 Å². The summed E-state index contributed by atoms with van der Waals surface area (Å²) in [6.45, 7) is 4.22. The largest absolute Gasteiger partial charge is 0.496 e. The Balaban J connectivity index is 2.95. The van der Waals surface area contributed by atoms with E-state index in [4.69, 9.17) is 4.74 Å². The highest BCUT2D eigenvalue weighted by atomic mass is 79.9. The lowest BCUT2D eigenvalue weighted by atomic mass is 9.86. The van der Waals surface area contributed by atoms with Crippen LogP contribution in [0.4, 0.5) is 0 Å². The second kappa shape index (κ2) is 7.15. The van der Waals surface area contributed by atoms with Gasteiger partial charge in [0.25, 0.3) is 0 Å². The summed E-state index contributed by atoms with van der Waals surface area (Å²) in [4.78, 5) is 0. The van der Waals surface area contributed by atoms with E-state index in [2.05, 4.69) is 29.8 Å². The van der Waals surface area contributed by atoms with Gasteiger partial charge in [-0.1, -0.05) is 42.6 Å². The summed E-state index contributed by atoms with van der Waals surface area (Å²) in [6.07, 6.45) is 4.30. The first-order chi connectivity index (χ1) is 8.54. The molecule has 0 fully saturated rings. The van der Waals surface area contributed by atoms with Crippen molar-refractivity contribution < 1.29 is 9.84 Å². The van der Waals surface area contributed by atoms with Crippen molar-refractivity contribution in [1.82, 2.24) is 0 Å². The smallest absolute Gasteiger partial charge is 0.122 e. The molecule has 0 aliphatic rings. The molecular weight excluding hydrogens is 292 g/mol. The zero-order valence-electron chi connectivity index (χ0n) is 11.5. The van der Waals surface area contributed by atoms with E-state index in [-0.39, 0.29) is 0 Å². The SMILES string of the molecule is CCCC(O)(CCC)Cc1cc(Br)ccc1OC. The highest BCUT2D eigenvalue weighted by Crippen LogP contribution is 2.31. The Kier molecular flexibility index (Phi) is 6.16. The normalized spacial score (nSPS) is 11.6. The standard InChI is InChI=1S/C15H23BrO2/c1-4-8-15(17,9-5-2)11-12-10-13(16)6-7-14(12)18-3/h6-7,10,17H,4-5,8-9,11H2,1-3H3. The van der Waals surface area contributed by atoms with Crippen LogP contribution in [-0.4, -0.2) is 17.8 Å². The molecule has 1 aromatic rings. The van der Waals surface area contributed by atoms with Crippen molar-refractivity contribution >= 4 is 15.9 Å². The van der Waals surface area contributed by atoms with Crippen molar-refractivity contribution in [2.75, 3.05) is 7.11 Å². The Bertz CT molecular complexity index is 371. The lowest BCUT2D eigenvalue weighted by molar-refractivity contribution is 0.0211. The molecule has 0 aliphatic heterocycles. The summed E-state index contributed by atoms with van der Waals surface area (Å²) < 4.78 is 6.39. The van der Waals surface area contributed by atoms with Crippen molar-refractivity contribution in [2.45, 2.75) is 51.6 Å². The van der Waals surface area contributed by atoms with Gasteiger partial charge in [0.05, 0.1) is 12.7 Å². The van der Waals surface area contributed by atoms with E-state index in [1.54, 1.807) is 7.11 Å². The van der Waals surface area contributed by atoms with Gasteiger partial charge in [0, 0.05) is 10.9 Å². The molecule has 0 heterocycles. The zero-order chi connectivity index (χ0) is 13.6. The van der Waals surface area contributed by atoms with Crippen LogP contribution in [0.1, 0.15) is 45.1 Å². The van der Waals surface area contributed by atoms with E-state index in [0.717, 1.165) is 41.5 Å². The average Bonchev–Trinajstić information content (AvgIpc) is 2.29. The summed E-state index contributed by atoms with van der Waals surface area (Å²) in [5.74, 6) is 0.851. The molecule has 0 radical (unpaired) electrons. The Morgan fingerprint density at radius 3 is 2.33 bits per heavy atom. The van der Waals surface area contributed by atoms with Gasteiger partial charge in [-0.2, -0.15) is 0 Å². The molecule has 0 aliphatic carbocycles. The summed E-state index contributed by atoms with van der Waals surface area (Å²) in [5.41, 5.74) is 0.452. The minimum atomic E-state index is -0.614. The number of rotatable bonds is 7. The van der Waals surface area contributed by atoms with Crippen molar-refractivity contribution in [3.05, 3.63) is 28.2 Å². The van der Waals surface area contributed by atoms with Gasteiger partial charge in [0.2, 0.25) is 0 Å². The zero-order valence-corrected chi connectivity index (χ0v) is 13.1. The summed E-state index contributed by atoms with van der Waals surface area (Å²) >= 11 is 3.47. The van der Waals surface area contributed by atoms with Gasteiger partial charge in [0.1, 0.15) is 5.75 Å². The van der Waals surface area contributed by atoms with Crippen molar-refractivity contribution in [2.24, 2.45) is 0 Å². The van der Waals surface area contributed by atoms with Crippen LogP contribution in [0.5, 0.6) is 5.75 Å². The van der Waals surface area contributed by atoms with Crippen molar-refractivity contribution in [3.63, 3.8) is 0 Å². The molecular formula is C15H23BrO2. The lowest BCUT2D eigenvalue weighted by Crippen LogP contribution is -2.31. The number of ether oxygens (including phenoxy) is 1. The van der Waals surface area contributed by atoms with Crippen LogP contribution in [0, 0.1) is 0 Å². The van der Waals surface area contributed by atoms with Crippen LogP contribution in [0.2, 0.25) is 0 Å². The maximum atomic E-state index is 10.7. The molecule has 0 aromatic heterocycles. The van der Waals surface area contributed by atoms with Crippen LogP contribution >= 0.6 is 15.9 Å². The highest BCUT2D eigenvalue weighted by molar-refractivity contribution is 9.10. The van der Waals surface area contributed by atoms with E-state index in [1.165, 1.54) is 0 Å². The van der Waals surface area contributed by atoms with E-state index in [9.17, 15) is 5.11 Å². The fourth-order valence-electron chi connectivity index (χ4n) is 2.47. The predicted molar refractivity (Wildman–Crippen MR) is 79.2 cm³/mol. The second-order valence-electron chi connectivity index (χ2n) is 4.86. The molecule has 0 saturated heterocycles. The number of halogens is 1. The Morgan fingerprint density at radius 1 is 1.22 bits per heavy atom. The first-order valence-corrected chi connectivity index (χ1v) is 7.38. The first-order valence-electron chi connectivity index (χ1n) is 6.59. The van der Waals surface area contributed by atoms with Gasteiger partial charge in [-0.05, 0) is 36.6 Å². The lowest BCUT2D eigenvalue weighted by Gasteiger charge is -2.28. The predicted octanol–water partition coefficient (Wildman–Crippen LogP) is 4.33. The first kappa shape index (κ1) is 15.5. The Labute approximate surface area is 118 Å². The second-order valence-corrected chi connectivity index (χ2v) is 5.77. The third kappa shape index (κ3) is 4.29. The summed E-state index contributed by atoms with van der Waals surface area (Å²) in [6, 6.07) is 5.94. The number of methoxy groups -OCH3 is 1. The van der Waals surface area contributed by atoms with Crippen molar-refractivity contribution in [1.29, 1.82) is 0 Å². The van der Waals surface area contributed by atoms with Gasteiger partial charge in [-0.25, -0.2) is 0 Å². The quantitative estimate of drug-likeness (QED) is 0.811. The number of aliphatic hydroxyl groups is 1. The van der Waals surface area contributed by atoms with E-state index in [1.807, 2.05) is 18.2 Å². The molecule has 1 N–H and O–H groups in total. The molecule has 102 valence electrons. The van der Waals surface area contributed by atoms with Gasteiger partial charge in [-0.3, -0.25) is 0 Å². The molecule has 1 rings (SSSR count). The average molecular weight is 315 g/mol. The minimum Gasteiger partial charge on any atom is -0.496 e. The van der Waals surface area contributed by atoms with E-state index < -0.39 is 5.60 Å². The highest BCUT2D eigenvalue weighted by Gasteiger charge is 2.26. The molecule has 2 nitrogen and oxygen atoms in total. The number of hydrogen-bond donors (Lipinski definition) is 1. The van der Waals surface area contributed by atoms with Gasteiger partial charge in [0.15, 0.2) is 0 Å². The van der Waals surface area contributed by atoms with Crippen LogP contribution < -0.4 is 4.74 Å². The molecule has 0 spiro atoms. The van der Waals surface area contributed by atoms with E-state index in [0.29, 0.717) is 6.42 Å². The molecule has 0 amide bonds. The number of benzene rings is 1. The molecule has 0 unspecified atom stereocenters. The summed E-state index contributed by atoms with van der Waals surface area (Å²) in [5, 5.41) is 10.7. The fourth-order valence-corrected chi connectivity index (χ4v) is 2.88. The maximum absolute atomic E-state index is 10.7. The molecule has 18 heavy (non-hydrogen) atoms. The van der Waals surface area contributed by atoms with Crippen LogP contribution in [0.3, 0.4) is 0 Å². The monoisotopic (exact) mass is 314 g/mol. The minimum absolute atomic E-state index is 0.614. The number of hydrogen-bond acceptors (Lipinski definition) is 2. The van der Waals surface area contributed by atoms with Crippen molar-refractivity contribution in [3.8, 4) is 5.75 Å². The molecule has 1 aromatic carbocycles. The van der Waals surface area contributed by atoms with E-state index >= 15 is 0 Å². The third-order valence-corrected chi connectivity index (χ3v) is 3.69. The van der Waals surface area contributed by atoms with Crippen LogP contribution in [0.15, 0.2) is 22.7 Å².